The minimum Gasteiger partial charge on any atom is -0.316 e. The summed E-state index contributed by atoms with van der Waals surface area (Å²) in [4.78, 5) is 0. The van der Waals surface area contributed by atoms with Gasteiger partial charge in [0.15, 0.2) is 0 Å². The molecule has 1 heteroatoms. The quantitative estimate of drug-likeness (QED) is 0.547. The van der Waals surface area contributed by atoms with Crippen molar-refractivity contribution in [2.24, 2.45) is 17.3 Å². The normalized spacial score (nSPS) is 31.4. The van der Waals surface area contributed by atoms with Gasteiger partial charge in [-0.2, -0.15) is 0 Å². The summed E-state index contributed by atoms with van der Waals surface area (Å²) in [5.74, 6) is 2.08. The van der Waals surface area contributed by atoms with Crippen LogP contribution in [0, 0.1) is 17.3 Å². The van der Waals surface area contributed by atoms with E-state index >= 15 is 0 Å². The number of unbranched alkanes of at least 4 members (excludes halogenated alkanes) is 1. The van der Waals surface area contributed by atoms with Crippen molar-refractivity contribution in [3.63, 3.8) is 0 Å². The van der Waals surface area contributed by atoms with E-state index in [4.69, 9.17) is 0 Å². The lowest BCUT2D eigenvalue weighted by atomic mass is 9.59. The monoisotopic (exact) mass is 293 g/mol. The zero-order valence-electron chi connectivity index (χ0n) is 14.8. The Morgan fingerprint density at radius 2 is 1.62 bits per heavy atom. The predicted molar refractivity (Wildman–Crippen MR) is 93.7 cm³/mol. The lowest BCUT2D eigenvalue weighted by Gasteiger charge is -2.47. The van der Waals surface area contributed by atoms with Gasteiger partial charge >= 0.3 is 0 Å². The Balaban J connectivity index is 1.90. The van der Waals surface area contributed by atoms with E-state index in [0.717, 1.165) is 11.8 Å². The Bertz CT molecular complexity index is 259. The van der Waals surface area contributed by atoms with E-state index in [0.29, 0.717) is 5.41 Å². The molecule has 0 bridgehead atoms. The van der Waals surface area contributed by atoms with E-state index in [-0.39, 0.29) is 0 Å². The number of nitrogens with one attached hydrogen (secondary N) is 1. The highest BCUT2D eigenvalue weighted by Crippen LogP contribution is 2.49. The molecule has 21 heavy (non-hydrogen) atoms. The molecule has 0 unspecified atom stereocenters. The van der Waals surface area contributed by atoms with Crippen molar-refractivity contribution in [1.29, 1.82) is 0 Å². The van der Waals surface area contributed by atoms with Crippen molar-refractivity contribution >= 4 is 0 Å². The molecule has 2 aliphatic carbocycles. The maximum absolute atomic E-state index is 3.80. The van der Waals surface area contributed by atoms with E-state index in [1.807, 2.05) is 0 Å². The first kappa shape index (κ1) is 17.3. The van der Waals surface area contributed by atoms with Crippen LogP contribution in [0.5, 0.6) is 0 Å². The van der Waals surface area contributed by atoms with Crippen LogP contribution in [-0.2, 0) is 0 Å². The molecule has 0 saturated heterocycles. The molecule has 2 rings (SSSR count). The summed E-state index contributed by atoms with van der Waals surface area (Å²) in [7, 11) is 0. The van der Waals surface area contributed by atoms with Crippen LogP contribution in [0.15, 0.2) is 0 Å². The van der Waals surface area contributed by atoms with Gasteiger partial charge in [0.2, 0.25) is 0 Å². The van der Waals surface area contributed by atoms with Crippen LogP contribution in [-0.4, -0.2) is 13.1 Å². The molecule has 0 radical (unpaired) electrons. The van der Waals surface area contributed by atoms with Gasteiger partial charge in [-0.3, -0.25) is 0 Å². The van der Waals surface area contributed by atoms with E-state index in [9.17, 15) is 0 Å². The molecular weight excluding hydrogens is 254 g/mol. The van der Waals surface area contributed by atoms with E-state index < -0.39 is 0 Å². The summed E-state index contributed by atoms with van der Waals surface area (Å²) in [5, 5.41) is 3.80. The highest BCUT2D eigenvalue weighted by Gasteiger charge is 2.41. The van der Waals surface area contributed by atoms with Crippen molar-refractivity contribution in [2.75, 3.05) is 13.1 Å². The predicted octanol–water partition coefficient (Wildman–Crippen LogP) is 5.93. The molecular formula is C20H39N. The van der Waals surface area contributed by atoms with Gasteiger partial charge < -0.3 is 5.32 Å². The van der Waals surface area contributed by atoms with Crippen molar-refractivity contribution in [2.45, 2.75) is 97.3 Å². The second-order valence-electron chi connectivity index (χ2n) is 7.96. The van der Waals surface area contributed by atoms with E-state index in [1.165, 1.54) is 96.6 Å². The highest BCUT2D eigenvalue weighted by atomic mass is 14.9. The summed E-state index contributed by atoms with van der Waals surface area (Å²) in [5.41, 5.74) is 0.665. The fourth-order valence-corrected chi connectivity index (χ4v) is 4.99. The standard InChI is InChI=1S/C20H39N/c1-3-5-9-18-12-14-20(15-13-18,17-21-16-4-2)19-10-7-6-8-11-19/h18-19,21H,3-17H2,1-2H3. The van der Waals surface area contributed by atoms with Crippen LogP contribution in [0.2, 0.25) is 0 Å². The molecule has 0 atom stereocenters. The summed E-state index contributed by atoms with van der Waals surface area (Å²) in [6.45, 7) is 7.16. The Hall–Kier alpha value is -0.0400. The van der Waals surface area contributed by atoms with Gasteiger partial charge in [-0.1, -0.05) is 52.4 Å². The van der Waals surface area contributed by atoms with Crippen LogP contribution in [0.3, 0.4) is 0 Å². The van der Waals surface area contributed by atoms with Crippen molar-refractivity contribution in [3.8, 4) is 0 Å². The molecule has 0 amide bonds. The van der Waals surface area contributed by atoms with Crippen LogP contribution in [0.1, 0.15) is 97.3 Å². The first-order valence-electron chi connectivity index (χ1n) is 10.0. The molecule has 0 aromatic heterocycles. The Labute approximate surface area is 133 Å². The Kier molecular flexibility index (Phi) is 7.57. The molecule has 1 N–H and O–H groups in total. The SMILES string of the molecule is CCCCC1CCC(CNCCC)(C2CCCCC2)CC1. The summed E-state index contributed by atoms with van der Waals surface area (Å²) < 4.78 is 0. The van der Waals surface area contributed by atoms with Gasteiger partial charge in [-0.05, 0) is 68.7 Å². The van der Waals surface area contributed by atoms with Crippen molar-refractivity contribution in [3.05, 3.63) is 0 Å². The van der Waals surface area contributed by atoms with Gasteiger partial charge in [0, 0.05) is 6.54 Å². The molecule has 124 valence electrons. The maximum Gasteiger partial charge on any atom is 0.00105 e. The fraction of sp³-hybridized carbons (Fsp3) is 1.00. The zero-order valence-corrected chi connectivity index (χ0v) is 14.8. The number of hydrogen-bond donors (Lipinski definition) is 1. The molecule has 2 fully saturated rings. The molecule has 0 aromatic rings. The topological polar surface area (TPSA) is 12.0 Å². The minimum atomic E-state index is 0.665. The third-order valence-corrected chi connectivity index (χ3v) is 6.44. The van der Waals surface area contributed by atoms with Crippen LogP contribution in [0.4, 0.5) is 0 Å². The summed E-state index contributed by atoms with van der Waals surface area (Å²) in [6.07, 6.45) is 19.2. The lowest BCUT2D eigenvalue weighted by molar-refractivity contribution is 0.0463. The highest BCUT2D eigenvalue weighted by molar-refractivity contribution is 4.93. The van der Waals surface area contributed by atoms with E-state index in [2.05, 4.69) is 19.2 Å². The van der Waals surface area contributed by atoms with Crippen molar-refractivity contribution in [1.82, 2.24) is 5.32 Å². The third-order valence-electron chi connectivity index (χ3n) is 6.44. The van der Waals surface area contributed by atoms with Gasteiger partial charge in [-0.15, -0.1) is 0 Å². The molecule has 0 spiro atoms. The Morgan fingerprint density at radius 1 is 0.905 bits per heavy atom. The smallest absolute Gasteiger partial charge is 0.00105 e. The van der Waals surface area contributed by atoms with Gasteiger partial charge in [0.1, 0.15) is 0 Å². The average molecular weight is 294 g/mol. The summed E-state index contributed by atoms with van der Waals surface area (Å²) in [6, 6.07) is 0. The molecule has 2 aliphatic rings. The first-order valence-corrected chi connectivity index (χ1v) is 10.0. The average Bonchev–Trinajstić information content (AvgIpc) is 2.55. The largest absolute Gasteiger partial charge is 0.316 e. The number of rotatable bonds is 8. The van der Waals surface area contributed by atoms with Crippen LogP contribution in [0.25, 0.3) is 0 Å². The molecule has 2 saturated carbocycles. The Morgan fingerprint density at radius 3 is 2.24 bits per heavy atom. The van der Waals surface area contributed by atoms with Crippen molar-refractivity contribution < 1.29 is 0 Å². The van der Waals surface area contributed by atoms with Gasteiger partial charge in [0.05, 0.1) is 0 Å². The molecule has 0 heterocycles. The number of hydrogen-bond acceptors (Lipinski definition) is 1. The second kappa shape index (κ2) is 9.18. The van der Waals surface area contributed by atoms with Gasteiger partial charge in [-0.25, -0.2) is 0 Å². The van der Waals surface area contributed by atoms with Crippen LogP contribution < -0.4 is 5.32 Å². The fourth-order valence-electron chi connectivity index (χ4n) is 4.99. The van der Waals surface area contributed by atoms with Crippen LogP contribution >= 0.6 is 0 Å². The molecule has 1 nitrogen and oxygen atoms in total. The van der Waals surface area contributed by atoms with E-state index in [1.54, 1.807) is 0 Å². The lowest BCUT2D eigenvalue weighted by Crippen LogP contribution is -2.44. The summed E-state index contributed by atoms with van der Waals surface area (Å²) >= 11 is 0. The molecule has 0 aliphatic heterocycles. The third kappa shape index (κ3) is 4.98. The zero-order chi connectivity index (χ0) is 15.0. The van der Waals surface area contributed by atoms with Gasteiger partial charge in [0.25, 0.3) is 0 Å². The molecule has 0 aromatic carbocycles. The first-order chi connectivity index (χ1) is 10.3. The second-order valence-corrected chi connectivity index (χ2v) is 7.96. The maximum atomic E-state index is 3.80. The minimum absolute atomic E-state index is 0.665.